The van der Waals surface area contributed by atoms with Crippen molar-refractivity contribution in [3.63, 3.8) is 0 Å². The van der Waals surface area contributed by atoms with Crippen molar-refractivity contribution >= 4 is 21.9 Å². The predicted molar refractivity (Wildman–Crippen MR) is 56.3 cm³/mol. The number of rotatable bonds is 4. The molecule has 0 aliphatic carbocycles. The molecule has 0 radical (unpaired) electrons. The van der Waals surface area contributed by atoms with Gasteiger partial charge < -0.3 is 15.1 Å². The molecule has 3 atom stereocenters. The van der Waals surface area contributed by atoms with Crippen molar-refractivity contribution < 1.29 is 28.2 Å². The molecule has 1 aliphatic heterocycles. The Morgan fingerprint density at radius 3 is 2.41 bits per heavy atom. The molecule has 1 heterocycles. The standard InChI is InChI=1S/C8H14N2O6S/c1-4(11)7(8(13)14)10-3-5(2-6(10)12)17(9,15)16/h4-5,7,11H,2-3H2,1H3,(H,13,14)(H2,9,15,16)/t4-,5?,7-/m0/s1. The summed E-state index contributed by atoms with van der Waals surface area (Å²) in [6.45, 7) is 0.913. The first-order valence-electron chi connectivity index (χ1n) is 4.86. The molecule has 1 amide bonds. The molecule has 9 heteroatoms. The van der Waals surface area contributed by atoms with E-state index >= 15 is 0 Å². The summed E-state index contributed by atoms with van der Waals surface area (Å²) in [5.74, 6) is -2.03. The van der Waals surface area contributed by atoms with Gasteiger partial charge in [-0.15, -0.1) is 0 Å². The van der Waals surface area contributed by atoms with Crippen molar-refractivity contribution in [3.8, 4) is 0 Å². The average Bonchev–Trinajstić information content (AvgIpc) is 2.46. The minimum Gasteiger partial charge on any atom is -0.480 e. The van der Waals surface area contributed by atoms with Gasteiger partial charge in [-0.3, -0.25) is 4.79 Å². The Labute approximate surface area is 98.1 Å². The number of likely N-dealkylation sites (tertiary alicyclic amines) is 1. The zero-order valence-corrected chi connectivity index (χ0v) is 9.92. The van der Waals surface area contributed by atoms with Gasteiger partial charge in [0.2, 0.25) is 15.9 Å². The zero-order chi connectivity index (χ0) is 13.4. The predicted octanol–water partition coefficient (Wildman–Crippen LogP) is -2.29. The molecule has 17 heavy (non-hydrogen) atoms. The zero-order valence-electron chi connectivity index (χ0n) is 9.11. The van der Waals surface area contributed by atoms with Gasteiger partial charge in [-0.25, -0.2) is 18.4 Å². The molecular weight excluding hydrogens is 252 g/mol. The molecule has 1 unspecified atom stereocenters. The summed E-state index contributed by atoms with van der Waals surface area (Å²) >= 11 is 0. The van der Waals surface area contributed by atoms with Gasteiger partial charge in [-0.1, -0.05) is 0 Å². The first kappa shape index (κ1) is 13.9. The van der Waals surface area contributed by atoms with E-state index in [1.54, 1.807) is 0 Å². The van der Waals surface area contributed by atoms with E-state index in [-0.39, 0.29) is 13.0 Å². The van der Waals surface area contributed by atoms with Gasteiger partial charge >= 0.3 is 5.97 Å². The molecule has 1 fully saturated rings. The summed E-state index contributed by atoms with van der Waals surface area (Å²) < 4.78 is 22.2. The number of aliphatic hydroxyl groups is 1. The third-order valence-electron chi connectivity index (χ3n) is 2.63. The number of nitrogens with zero attached hydrogens (tertiary/aromatic N) is 1. The smallest absolute Gasteiger partial charge is 0.329 e. The lowest BCUT2D eigenvalue weighted by atomic mass is 10.1. The quantitative estimate of drug-likeness (QED) is 0.523. The minimum atomic E-state index is -3.89. The Balaban J connectivity index is 2.94. The number of hydrogen-bond donors (Lipinski definition) is 3. The summed E-state index contributed by atoms with van der Waals surface area (Å²) in [6, 6.07) is -1.45. The van der Waals surface area contributed by atoms with Crippen molar-refractivity contribution in [1.29, 1.82) is 0 Å². The van der Waals surface area contributed by atoms with Gasteiger partial charge in [0.1, 0.15) is 5.25 Å². The van der Waals surface area contributed by atoms with E-state index in [1.165, 1.54) is 6.92 Å². The molecule has 98 valence electrons. The van der Waals surface area contributed by atoms with E-state index in [9.17, 15) is 23.1 Å². The highest BCUT2D eigenvalue weighted by Gasteiger charge is 2.43. The van der Waals surface area contributed by atoms with Crippen LogP contribution in [0.15, 0.2) is 0 Å². The Morgan fingerprint density at radius 1 is 1.59 bits per heavy atom. The molecule has 1 saturated heterocycles. The lowest BCUT2D eigenvalue weighted by Crippen LogP contribution is -2.49. The van der Waals surface area contributed by atoms with E-state index in [0.29, 0.717) is 0 Å². The van der Waals surface area contributed by atoms with Crippen LogP contribution in [0.2, 0.25) is 0 Å². The highest BCUT2D eigenvalue weighted by atomic mass is 32.2. The largest absolute Gasteiger partial charge is 0.480 e. The van der Waals surface area contributed by atoms with Crippen molar-refractivity contribution in [2.75, 3.05) is 6.54 Å². The maximum Gasteiger partial charge on any atom is 0.329 e. The Kier molecular flexibility index (Phi) is 3.74. The monoisotopic (exact) mass is 266 g/mol. The Bertz CT molecular complexity index is 431. The van der Waals surface area contributed by atoms with Crippen molar-refractivity contribution in [2.45, 2.75) is 30.7 Å². The highest BCUT2D eigenvalue weighted by Crippen LogP contribution is 2.20. The SMILES string of the molecule is C[C@H](O)[C@@H](C(=O)O)N1CC(S(N)(=O)=O)CC1=O. The fourth-order valence-electron chi connectivity index (χ4n) is 1.79. The number of aliphatic carboxylic acids is 1. The highest BCUT2D eigenvalue weighted by molar-refractivity contribution is 7.89. The summed E-state index contributed by atoms with van der Waals surface area (Å²) in [5, 5.41) is 22.0. The fourth-order valence-corrected chi connectivity index (χ4v) is 2.53. The van der Waals surface area contributed by atoms with Gasteiger partial charge in [0.15, 0.2) is 6.04 Å². The molecule has 4 N–H and O–H groups in total. The van der Waals surface area contributed by atoms with Crippen LogP contribution in [0.25, 0.3) is 0 Å². The van der Waals surface area contributed by atoms with E-state index in [4.69, 9.17) is 10.2 Å². The van der Waals surface area contributed by atoms with E-state index in [0.717, 1.165) is 4.90 Å². The molecule has 1 aliphatic rings. The number of primary sulfonamides is 1. The average molecular weight is 266 g/mol. The molecule has 0 aromatic heterocycles. The second-order valence-electron chi connectivity index (χ2n) is 3.98. The van der Waals surface area contributed by atoms with E-state index in [2.05, 4.69) is 0 Å². The first-order chi connectivity index (χ1) is 7.64. The van der Waals surface area contributed by atoms with Crippen LogP contribution in [-0.4, -0.2) is 59.3 Å². The number of sulfonamides is 1. The molecule has 0 aromatic rings. The van der Waals surface area contributed by atoms with Gasteiger partial charge in [-0.05, 0) is 6.92 Å². The van der Waals surface area contributed by atoms with E-state index < -0.39 is 39.3 Å². The van der Waals surface area contributed by atoms with Crippen LogP contribution in [0.4, 0.5) is 0 Å². The van der Waals surface area contributed by atoms with Crippen LogP contribution in [-0.2, 0) is 19.6 Å². The lowest BCUT2D eigenvalue weighted by molar-refractivity contribution is -0.152. The second kappa shape index (κ2) is 4.59. The molecule has 0 spiro atoms. The molecule has 0 bridgehead atoms. The third kappa shape index (κ3) is 2.93. The topological polar surface area (TPSA) is 138 Å². The number of aliphatic hydroxyl groups excluding tert-OH is 1. The number of nitrogens with two attached hydrogens (primary N) is 1. The second-order valence-corrected chi connectivity index (χ2v) is 5.83. The minimum absolute atomic E-state index is 0.306. The van der Waals surface area contributed by atoms with Crippen LogP contribution < -0.4 is 5.14 Å². The van der Waals surface area contributed by atoms with Crippen LogP contribution in [0, 0.1) is 0 Å². The third-order valence-corrected chi connectivity index (χ3v) is 3.88. The fraction of sp³-hybridized carbons (Fsp3) is 0.750. The summed E-state index contributed by atoms with van der Waals surface area (Å²) in [7, 11) is -3.89. The molecule has 0 aromatic carbocycles. The molecule has 0 saturated carbocycles. The Morgan fingerprint density at radius 2 is 2.12 bits per heavy atom. The number of hydrogen-bond acceptors (Lipinski definition) is 5. The summed E-state index contributed by atoms with van der Waals surface area (Å²) in [5.41, 5.74) is 0. The normalized spacial score (nSPS) is 24.8. The van der Waals surface area contributed by atoms with Crippen molar-refractivity contribution in [1.82, 2.24) is 4.90 Å². The maximum absolute atomic E-state index is 11.5. The number of carbonyl (C=O) groups excluding carboxylic acids is 1. The number of carboxylic acid groups (broad SMARTS) is 1. The van der Waals surface area contributed by atoms with Crippen molar-refractivity contribution in [3.05, 3.63) is 0 Å². The lowest BCUT2D eigenvalue weighted by Gasteiger charge is -2.26. The molecule has 8 nitrogen and oxygen atoms in total. The first-order valence-corrected chi connectivity index (χ1v) is 6.47. The molecule has 1 rings (SSSR count). The van der Waals surface area contributed by atoms with Gasteiger partial charge in [0.25, 0.3) is 0 Å². The van der Waals surface area contributed by atoms with Crippen LogP contribution in [0.3, 0.4) is 0 Å². The van der Waals surface area contributed by atoms with Crippen LogP contribution in [0.5, 0.6) is 0 Å². The summed E-state index contributed by atoms with van der Waals surface area (Å²) in [6.07, 6.45) is -1.65. The summed E-state index contributed by atoms with van der Waals surface area (Å²) in [4.78, 5) is 23.2. The van der Waals surface area contributed by atoms with Gasteiger partial charge in [0.05, 0.1) is 6.10 Å². The number of amides is 1. The van der Waals surface area contributed by atoms with Gasteiger partial charge in [0, 0.05) is 13.0 Å². The Hall–Kier alpha value is -1.19. The van der Waals surface area contributed by atoms with Crippen LogP contribution in [0.1, 0.15) is 13.3 Å². The maximum atomic E-state index is 11.5. The van der Waals surface area contributed by atoms with Crippen molar-refractivity contribution in [2.24, 2.45) is 5.14 Å². The number of carbonyl (C=O) groups is 2. The van der Waals surface area contributed by atoms with Gasteiger partial charge in [-0.2, -0.15) is 0 Å². The molecular formula is C8H14N2O6S. The van der Waals surface area contributed by atoms with Crippen LogP contribution >= 0.6 is 0 Å². The van der Waals surface area contributed by atoms with E-state index in [1.807, 2.05) is 0 Å². The number of carboxylic acids is 1.